The molecule has 0 bridgehead atoms. The van der Waals surface area contributed by atoms with Crippen LogP contribution in [0.5, 0.6) is 5.75 Å². The van der Waals surface area contributed by atoms with Crippen molar-refractivity contribution in [2.45, 2.75) is 68.0 Å². The van der Waals surface area contributed by atoms with Crippen molar-refractivity contribution in [1.82, 2.24) is 14.5 Å². The summed E-state index contributed by atoms with van der Waals surface area (Å²) in [5, 5.41) is -3.11. The SMILES string of the molecule is [2H]C1([2H])C([2H])([2H])C([2H])([2H])C([2H])(Sc2ncc(COc3ccc(C#CCOC4CCCCO4)c(F)c3)n2-c2cccnc2)C1([2H])[2H]. The Morgan fingerprint density at radius 2 is 2.17 bits per heavy atom. The zero-order valence-electron chi connectivity index (χ0n) is 28.3. The molecule has 6 nitrogen and oxygen atoms in total. The van der Waals surface area contributed by atoms with E-state index in [4.69, 9.17) is 26.5 Å². The maximum atomic E-state index is 14.8. The minimum absolute atomic E-state index is 0.0961. The third-order valence-electron chi connectivity index (χ3n) is 5.34. The van der Waals surface area contributed by atoms with E-state index in [0.29, 0.717) is 18.0 Å². The number of ether oxygens (including phenoxy) is 3. The number of aromatic nitrogens is 3. The largest absolute Gasteiger partial charge is 0.487 e. The second kappa shape index (κ2) is 12.4. The summed E-state index contributed by atoms with van der Waals surface area (Å²) in [7, 11) is 0. The van der Waals surface area contributed by atoms with E-state index in [-0.39, 0.29) is 47.7 Å². The van der Waals surface area contributed by atoms with Crippen LogP contribution in [0.15, 0.2) is 54.1 Å². The molecule has 2 fully saturated rings. The van der Waals surface area contributed by atoms with Gasteiger partial charge in [0, 0.05) is 36.4 Å². The second-order valence-electron chi connectivity index (χ2n) is 7.85. The number of hydrogen-bond donors (Lipinski definition) is 0. The quantitative estimate of drug-likeness (QED) is 0.347. The number of rotatable bonds is 8. The van der Waals surface area contributed by atoms with Crippen LogP contribution in [-0.2, 0) is 16.1 Å². The molecule has 0 radical (unpaired) electrons. The molecule has 1 saturated heterocycles. The van der Waals surface area contributed by atoms with Gasteiger partial charge >= 0.3 is 0 Å². The predicted octanol–water partition coefficient (Wildman–Crippen LogP) is 5.91. The van der Waals surface area contributed by atoms with Crippen LogP contribution in [0.1, 0.15) is 68.3 Å². The molecule has 1 aliphatic carbocycles. The standard InChI is InChI=1S/C28H30FN3O3S/c29-26-17-24(13-12-21(26)7-6-16-34-27-11-3-4-15-33-27)35-20-23-19-31-28(36-25-9-1-2-10-25)32(23)22-8-5-14-30-18-22/h5,8,12-14,17-19,25,27H,1-4,9-11,15-16,20H2/i1D2,2D2,9D2,10D2,25D. The Bertz CT molecular complexity index is 1570. The van der Waals surface area contributed by atoms with E-state index in [1.54, 1.807) is 12.1 Å². The van der Waals surface area contributed by atoms with Gasteiger partial charge < -0.3 is 14.2 Å². The second-order valence-corrected chi connectivity index (χ2v) is 8.83. The number of pyridine rings is 1. The Morgan fingerprint density at radius 1 is 1.25 bits per heavy atom. The molecular formula is C28H30FN3O3S. The molecule has 1 aromatic carbocycles. The molecule has 1 aliphatic heterocycles. The first-order valence-electron chi connectivity index (χ1n) is 15.9. The highest BCUT2D eigenvalue weighted by Gasteiger charge is 2.21. The lowest BCUT2D eigenvalue weighted by atomic mass is 10.2. The number of imidazole rings is 1. The smallest absolute Gasteiger partial charge is 0.173 e. The Balaban J connectivity index is 1.36. The summed E-state index contributed by atoms with van der Waals surface area (Å²) in [6.45, 7) is 0.557. The van der Waals surface area contributed by atoms with Gasteiger partial charge in [-0.15, -0.1) is 0 Å². The Labute approximate surface area is 228 Å². The highest BCUT2D eigenvalue weighted by atomic mass is 32.2. The Hall–Kier alpha value is -2.86. The van der Waals surface area contributed by atoms with Crippen molar-refractivity contribution in [3.8, 4) is 23.3 Å². The van der Waals surface area contributed by atoms with Crippen LogP contribution in [0.4, 0.5) is 4.39 Å². The minimum Gasteiger partial charge on any atom is -0.487 e. The minimum atomic E-state index is -3.34. The molecule has 1 unspecified atom stereocenters. The lowest BCUT2D eigenvalue weighted by Gasteiger charge is -2.21. The zero-order chi connectivity index (χ0) is 32.7. The van der Waals surface area contributed by atoms with Gasteiger partial charge in [-0.25, -0.2) is 9.37 Å². The molecule has 188 valence electrons. The number of hydrogen-bond acceptors (Lipinski definition) is 6. The van der Waals surface area contributed by atoms with Gasteiger partial charge in [0.25, 0.3) is 0 Å². The van der Waals surface area contributed by atoms with E-state index in [0.717, 1.165) is 19.3 Å². The van der Waals surface area contributed by atoms with Crippen LogP contribution < -0.4 is 4.74 Å². The first-order valence-corrected chi connectivity index (χ1v) is 12.3. The van der Waals surface area contributed by atoms with Crippen molar-refractivity contribution in [2.24, 2.45) is 0 Å². The molecule has 5 rings (SSSR count). The van der Waals surface area contributed by atoms with E-state index in [1.165, 1.54) is 41.4 Å². The molecular weight excluding hydrogens is 477 g/mol. The normalized spacial score (nSPS) is 28.2. The van der Waals surface area contributed by atoms with Crippen molar-refractivity contribution >= 4 is 11.8 Å². The molecule has 0 amide bonds. The van der Waals surface area contributed by atoms with Crippen LogP contribution in [0, 0.1) is 17.7 Å². The van der Waals surface area contributed by atoms with E-state index in [9.17, 15) is 4.39 Å². The van der Waals surface area contributed by atoms with Gasteiger partial charge in [-0.05, 0) is 56.3 Å². The fraction of sp³-hybridized carbons (Fsp3) is 0.429. The fourth-order valence-corrected chi connectivity index (χ4v) is 4.41. The molecule has 3 aromatic rings. The number of benzene rings is 1. The molecule has 1 saturated carbocycles. The van der Waals surface area contributed by atoms with Gasteiger partial charge in [-0.1, -0.05) is 36.3 Å². The summed E-state index contributed by atoms with van der Waals surface area (Å²) in [6.07, 6.45) is -6.42. The van der Waals surface area contributed by atoms with Crippen molar-refractivity contribution in [3.63, 3.8) is 0 Å². The predicted molar refractivity (Wildman–Crippen MR) is 137 cm³/mol. The van der Waals surface area contributed by atoms with Gasteiger partial charge in [0.15, 0.2) is 11.4 Å². The van der Waals surface area contributed by atoms with Gasteiger partial charge in [0.05, 0.1) is 29.3 Å². The van der Waals surface area contributed by atoms with Crippen LogP contribution in [0.2, 0.25) is 0 Å². The van der Waals surface area contributed by atoms with Crippen LogP contribution in [0.3, 0.4) is 0 Å². The molecule has 8 heteroatoms. The van der Waals surface area contributed by atoms with Crippen molar-refractivity contribution < 1.29 is 30.9 Å². The maximum absolute atomic E-state index is 14.8. The van der Waals surface area contributed by atoms with E-state index >= 15 is 0 Å². The Morgan fingerprint density at radius 3 is 2.94 bits per heavy atom. The van der Waals surface area contributed by atoms with Crippen LogP contribution in [-0.4, -0.2) is 39.3 Å². The summed E-state index contributed by atoms with van der Waals surface area (Å²) in [4.78, 5) is 8.33. The van der Waals surface area contributed by atoms with Crippen molar-refractivity contribution in [3.05, 3.63) is 66.0 Å². The molecule has 2 aromatic heterocycles. The molecule has 0 spiro atoms. The fourth-order valence-electron chi connectivity index (χ4n) is 3.61. The summed E-state index contributed by atoms with van der Waals surface area (Å²) < 4.78 is 108. The summed E-state index contributed by atoms with van der Waals surface area (Å²) in [5.74, 6) is 5.07. The third-order valence-corrected chi connectivity index (χ3v) is 6.22. The number of thioether (sulfide) groups is 1. The molecule has 0 N–H and O–H groups in total. The summed E-state index contributed by atoms with van der Waals surface area (Å²) >= 11 is 0.271. The van der Waals surface area contributed by atoms with Gasteiger partial charge in [-0.3, -0.25) is 9.55 Å². The van der Waals surface area contributed by atoms with Gasteiger partial charge in [-0.2, -0.15) is 0 Å². The average molecular weight is 517 g/mol. The monoisotopic (exact) mass is 516 g/mol. The molecule has 1 atom stereocenters. The lowest BCUT2D eigenvalue weighted by Crippen LogP contribution is -2.22. The van der Waals surface area contributed by atoms with Crippen LogP contribution >= 0.6 is 11.8 Å². The van der Waals surface area contributed by atoms with Gasteiger partial charge in [0.1, 0.15) is 24.8 Å². The summed E-state index contributed by atoms with van der Waals surface area (Å²) in [5.41, 5.74) is 0.878. The number of nitrogens with zero attached hydrogens (tertiary/aromatic N) is 3. The highest BCUT2D eigenvalue weighted by Crippen LogP contribution is 2.35. The first kappa shape index (κ1) is 16.1. The van der Waals surface area contributed by atoms with E-state index < -0.39 is 36.5 Å². The lowest BCUT2D eigenvalue weighted by molar-refractivity contribution is -0.154. The van der Waals surface area contributed by atoms with Crippen LogP contribution in [0.25, 0.3) is 5.69 Å². The topological polar surface area (TPSA) is 58.4 Å². The first-order chi connectivity index (χ1) is 21.1. The molecule has 2 aliphatic rings. The van der Waals surface area contributed by atoms with Crippen molar-refractivity contribution in [1.29, 1.82) is 0 Å². The maximum Gasteiger partial charge on any atom is 0.173 e. The molecule has 36 heavy (non-hydrogen) atoms. The molecule has 3 heterocycles. The average Bonchev–Trinajstić information content (AvgIpc) is 3.42. The summed E-state index contributed by atoms with van der Waals surface area (Å²) in [6, 6.07) is 7.40. The van der Waals surface area contributed by atoms with E-state index in [2.05, 4.69) is 21.8 Å². The number of halogens is 1. The Kier molecular flexibility index (Phi) is 5.54. The highest BCUT2D eigenvalue weighted by molar-refractivity contribution is 7.99. The van der Waals surface area contributed by atoms with E-state index in [1.807, 2.05) is 0 Å². The van der Waals surface area contributed by atoms with Crippen molar-refractivity contribution in [2.75, 3.05) is 13.2 Å². The van der Waals surface area contributed by atoms with Gasteiger partial charge in [0.2, 0.25) is 0 Å². The zero-order valence-corrected chi connectivity index (χ0v) is 20.1. The third kappa shape index (κ3) is 6.47.